The predicted molar refractivity (Wildman–Crippen MR) is 102 cm³/mol. The Morgan fingerprint density at radius 2 is 1.59 bits per heavy atom. The van der Waals surface area contributed by atoms with E-state index in [1.807, 2.05) is 6.92 Å². The van der Waals surface area contributed by atoms with Gasteiger partial charge in [0.1, 0.15) is 11.5 Å². The first kappa shape index (κ1) is 20.3. The number of hydrogen-bond acceptors (Lipinski definition) is 7. The number of nitrogens with one attached hydrogen (secondary N) is 1. The highest BCUT2D eigenvalue weighted by molar-refractivity contribution is 7.96. The van der Waals surface area contributed by atoms with Crippen LogP contribution in [0.4, 0.5) is 5.69 Å². The van der Waals surface area contributed by atoms with Crippen molar-refractivity contribution in [3.05, 3.63) is 59.6 Å². The minimum absolute atomic E-state index is 0.0425. The molecule has 0 saturated heterocycles. The van der Waals surface area contributed by atoms with E-state index in [-0.39, 0.29) is 4.90 Å². The van der Waals surface area contributed by atoms with Crippen molar-refractivity contribution in [3.8, 4) is 11.5 Å². The molecule has 144 valence electrons. The predicted octanol–water partition coefficient (Wildman–Crippen LogP) is 2.99. The van der Waals surface area contributed by atoms with Gasteiger partial charge in [0.25, 0.3) is 0 Å². The molecule has 0 aliphatic heterocycles. The van der Waals surface area contributed by atoms with Gasteiger partial charge in [-0.05, 0) is 55.5 Å². The van der Waals surface area contributed by atoms with Crippen LogP contribution in [0.25, 0.3) is 0 Å². The van der Waals surface area contributed by atoms with E-state index < -0.39 is 20.7 Å². The SMILES string of the molecule is CCOc1ccc(S(=O)(=O)C(=CNc2ccc(OC)cc2)C(=O)OC)cc1. The maximum absolute atomic E-state index is 12.9. The van der Waals surface area contributed by atoms with E-state index in [4.69, 9.17) is 9.47 Å². The molecule has 0 spiro atoms. The summed E-state index contributed by atoms with van der Waals surface area (Å²) in [5.41, 5.74) is 0.582. The molecule has 0 radical (unpaired) electrons. The van der Waals surface area contributed by atoms with Crippen molar-refractivity contribution in [2.45, 2.75) is 11.8 Å². The lowest BCUT2D eigenvalue weighted by molar-refractivity contribution is -0.135. The number of rotatable bonds is 8. The average Bonchev–Trinajstić information content (AvgIpc) is 2.69. The van der Waals surface area contributed by atoms with Gasteiger partial charge in [-0.3, -0.25) is 0 Å². The Morgan fingerprint density at radius 3 is 2.11 bits per heavy atom. The zero-order chi connectivity index (χ0) is 19.9. The van der Waals surface area contributed by atoms with Gasteiger partial charge in [0.05, 0.1) is 25.7 Å². The summed E-state index contributed by atoms with van der Waals surface area (Å²) >= 11 is 0. The van der Waals surface area contributed by atoms with Crippen LogP contribution < -0.4 is 14.8 Å². The van der Waals surface area contributed by atoms with Crippen LogP contribution in [-0.2, 0) is 19.4 Å². The molecule has 0 amide bonds. The van der Waals surface area contributed by atoms with Gasteiger partial charge in [-0.15, -0.1) is 0 Å². The van der Waals surface area contributed by atoms with Gasteiger partial charge in [-0.1, -0.05) is 0 Å². The minimum Gasteiger partial charge on any atom is -0.497 e. The summed E-state index contributed by atoms with van der Waals surface area (Å²) in [5.74, 6) is 0.223. The van der Waals surface area contributed by atoms with Crippen LogP contribution >= 0.6 is 0 Å². The molecule has 0 aliphatic carbocycles. The summed E-state index contributed by atoms with van der Waals surface area (Å²) in [6.07, 6.45) is 1.11. The number of carbonyl (C=O) groups excluding carboxylic acids is 1. The van der Waals surface area contributed by atoms with E-state index in [2.05, 4.69) is 10.1 Å². The Balaban J connectivity index is 2.34. The molecule has 0 aromatic heterocycles. The smallest absolute Gasteiger partial charge is 0.351 e. The third-order valence-corrected chi connectivity index (χ3v) is 5.34. The van der Waals surface area contributed by atoms with Crippen molar-refractivity contribution in [1.82, 2.24) is 0 Å². The first-order chi connectivity index (χ1) is 12.9. The van der Waals surface area contributed by atoms with Gasteiger partial charge in [0.2, 0.25) is 9.84 Å². The van der Waals surface area contributed by atoms with E-state index in [9.17, 15) is 13.2 Å². The fourth-order valence-corrected chi connectivity index (χ4v) is 3.46. The minimum atomic E-state index is -4.08. The molecule has 0 unspecified atom stereocenters. The van der Waals surface area contributed by atoms with E-state index >= 15 is 0 Å². The average molecular weight is 391 g/mol. The molecule has 0 aliphatic rings. The molecule has 7 nitrogen and oxygen atoms in total. The molecule has 1 N–H and O–H groups in total. The molecule has 0 atom stereocenters. The Hall–Kier alpha value is -3.00. The van der Waals surface area contributed by atoms with Gasteiger partial charge in [0, 0.05) is 11.9 Å². The molecule has 8 heteroatoms. The van der Waals surface area contributed by atoms with Gasteiger partial charge in [-0.25, -0.2) is 13.2 Å². The molecule has 2 aromatic carbocycles. The molecule has 2 rings (SSSR count). The van der Waals surface area contributed by atoms with Crippen molar-refractivity contribution in [2.75, 3.05) is 26.1 Å². The number of benzene rings is 2. The van der Waals surface area contributed by atoms with Crippen LogP contribution in [0.5, 0.6) is 11.5 Å². The van der Waals surface area contributed by atoms with E-state index in [0.29, 0.717) is 23.8 Å². The van der Waals surface area contributed by atoms with E-state index in [1.54, 1.807) is 31.4 Å². The summed E-state index contributed by atoms with van der Waals surface area (Å²) in [6.45, 7) is 2.29. The summed E-state index contributed by atoms with van der Waals surface area (Å²) in [6, 6.07) is 12.6. The lowest BCUT2D eigenvalue weighted by Gasteiger charge is -2.10. The molecular formula is C19H21NO6S. The third-order valence-electron chi connectivity index (χ3n) is 3.58. The highest BCUT2D eigenvalue weighted by atomic mass is 32.2. The normalized spacial score (nSPS) is 11.6. The molecular weight excluding hydrogens is 370 g/mol. The number of hydrogen-bond donors (Lipinski definition) is 1. The quantitative estimate of drug-likeness (QED) is 0.546. The maximum Gasteiger partial charge on any atom is 0.351 e. The summed E-state index contributed by atoms with van der Waals surface area (Å²) < 4.78 is 40.7. The number of carbonyl (C=O) groups is 1. The number of sulfone groups is 1. The summed E-state index contributed by atoms with van der Waals surface area (Å²) in [5, 5.41) is 2.80. The largest absolute Gasteiger partial charge is 0.497 e. The molecule has 0 bridgehead atoms. The first-order valence-electron chi connectivity index (χ1n) is 8.09. The molecule has 27 heavy (non-hydrogen) atoms. The highest BCUT2D eigenvalue weighted by Gasteiger charge is 2.28. The fraction of sp³-hybridized carbons (Fsp3) is 0.211. The van der Waals surface area contributed by atoms with Crippen LogP contribution in [0, 0.1) is 0 Å². The topological polar surface area (TPSA) is 90.9 Å². The number of esters is 1. The van der Waals surface area contributed by atoms with Crippen LogP contribution in [0.15, 0.2) is 64.5 Å². The zero-order valence-electron chi connectivity index (χ0n) is 15.3. The Bertz CT molecular complexity index is 902. The van der Waals surface area contributed by atoms with Crippen molar-refractivity contribution in [2.24, 2.45) is 0 Å². The van der Waals surface area contributed by atoms with Crippen LogP contribution in [0.3, 0.4) is 0 Å². The van der Waals surface area contributed by atoms with Gasteiger partial charge < -0.3 is 19.5 Å². The standard InChI is InChI=1S/C19H21NO6S/c1-4-26-16-9-11-17(12-10-16)27(22,23)18(19(21)25-3)13-20-14-5-7-15(24-2)8-6-14/h5-13,20H,4H2,1-3H3. The van der Waals surface area contributed by atoms with Crippen molar-refractivity contribution < 1.29 is 27.4 Å². The summed E-state index contributed by atoms with van der Waals surface area (Å²) in [4.78, 5) is 11.5. The number of methoxy groups -OCH3 is 2. The number of anilines is 1. The molecule has 0 fully saturated rings. The van der Waals surface area contributed by atoms with E-state index in [1.165, 1.54) is 24.3 Å². The fourth-order valence-electron chi connectivity index (χ4n) is 2.19. The monoisotopic (exact) mass is 391 g/mol. The number of ether oxygens (including phenoxy) is 3. The molecule has 2 aromatic rings. The van der Waals surface area contributed by atoms with Gasteiger partial charge in [0.15, 0.2) is 4.91 Å². The van der Waals surface area contributed by atoms with Crippen molar-refractivity contribution in [1.29, 1.82) is 0 Å². The molecule has 0 heterocycles. The van der Waals surface area contributed by atoms with Gasteiger partial charge in [-0.2, -0.15) is 0 Å². The highest BCUT2D eigenvalue weighted by Crippen LogP contribution is 2.24. The molecule has 0 saturated carbocycles. The third kappa shape index (κ3) is 5.01. The van der Waals surface area contributed by atoms with E-state index in [0.717, 1.165) is 13.3 Å². The van der Waals surface area contributed by atoms with Crippen LogP contribution in [0.2, 0.25) is 0 Å². The second kappa shape index (κ2) is 9.09. The lowest BCUT2D eigenvalue weighted by Crippen LogP contribution is -2.17. The summed E-state index contributed by atoms with van der Waals surface area (Å²) in [7, 11) is -1.42. The van der Waals surface area contributed by atoms with Crippen molar-refractivity contribution >= 4 is 21.5 Å². The van der Waals surface area contributed by atoms with Crippen LogP contribution in [-0.4, -0.2) is 35.2 Å². The first-order valence-corrected chi connectivity index (χ1v) is 9.57. The lowest BCUT2D eigenvalue weighted by atomic mass is 10.3. The Labute approximate surface area is 158 Å². The maximum atomic E-state index is 12.9. The van der Waals surface area contributed by atoms with Crippen molar-refractivity contribution in [3.63, 3.8) is 0 Å². The Morgan fingerprint density at radius 1 is 1.00 bits per heavy atom. The second-order valence-corrected chi connectivity index (χ2v) is 7.20. The van der Waals surface area contributed by atoms with Crippen LogP contribution in [0.1, 0.15) is 6.92 Å². The Kier molecular flexibility index (Phi) is 6.84. The second-order valence-electron chi connectivity index (χ2n) is 5.28. The zero-order valence-corrected chi connectivity index (χ0v) is 16.1. The van der Waals surface area contributed by atoms with Gasteiger partial charge >= 0.3 is 5.97 Å².